The molecule has 15 heavy (non-hydrogen) atoms. The zero-order valence-corrected chi connectivity index (χ0v) is 9.91. The Morgan fingerprint density at radius 3 is 2.60 bits per heavy atom. The number of aliphatic hydroxyl groups excluding tert-OH is 1. The average molecular weight is 222 g/mol. The SMILES string of the molecule is C[C@@H]1CC[C@H](O)[C@H]1CSc1ccccc1. The van der Waals surface area contributed by atoms with Gasteiger partial charge in [0.2, 0.25) is 0 Å². The predicted octanol–water partition coefficient (Wildman–Crippen LogP) is 3.19. The maximum atomic E-state index is 9.82. The van der Waals surface area contributed by atoms with Crippen LogP contribution in [0.15, 0.2) is 35.2 Å². The molecule has 1 saturated carbocycles. The summed E-state index contributed by atoms with van der Waals surface area (Å²) in [6.45, 7) is 2.26. The maximum absolute atomic E-state index is 9.82. The molecule has 1 nitrogen and oxygen atoms in total. The minimum Gasteiger partial charge on any atom is -0.393 e. The van der Waals surface area contributed by atoms with Crippen molar-refractivity contribution >= 4 is 11.8 Å². The smallest absolute Gasteiger partial charge is 0.0579 e. The van der Waals surface area contributed by atoms with Gasteiger partial charge in [-0.3, -0.25) is 0 Å². The summed E-state index contributed by atoms with van der Waals surface area (Å²) in [5.41, 5.74) is 0. The summed E-state index contributed by atoms with van der Waals surface area (Å²) in [5.74, 6) is 2.21. The van der Waals surface area contributed by atoms with Gasteiger partial charge in [-0.05, 0) is 36.8 Å². The van der Waals surface area contributed by atoms with Crippen LogP contribution < -0.4 is 0 Å². The van der Waals surface area contributed by atoms with Gasteiger partial charge in [-0.2, -0.15) is 0 Å². The number of hydrogen-bond donors (Lipinski definition) is 1. The summed E-state index contributed by atoms with van der Waals surface area (Å²) in [4.78, 5) is 1.31. The summed E-state index contributed by atoms with van der Waals surface area (Å²) >= 11 is 1.87. The van der Waals surface area contributed by atoms with Gasteiger partial charge in [0.1, 0.15) is 0 Å². The van der Waals surface area contributed by atoms with Crippen molar-refractivity contribution in [1.29, 1.82) is 0 Å². The molecular weight excluding hydrogens is 204 g/mol. The summed E-state index contributed by atoms with van der Waals surface area (Å²) in [6.07, 6.45) is 2.10. The minimum atomic E-state index is -0.0730. The van der Waals surface area contributed by atoms with E-state index in [0.29, 0.717) is 11.8 Å². The van der Waals surface area contributed by atoms with E-state index >= 15 is 0 Å². The summed E-state index contributed by atoms with van der Waals surface area (Å²) in [5, 5.41) is 9.82. The van der Waals surface area contributed by atoms with E-state index in [9.17, 15) is 5.11 Å². The van der Waals surface area contributed by atoms with Crippen LogP contribution in [0.3, 0.4) is 0 Å². The summed E-state index contributed by atoms with van der Waals surface area (Å²) in [6, 6.07) is 10.4. The number of thioether (sulfide) groups is 1. The normalized spacial score (nSPS) is 30.7. The summed E-state index contributed by atoms with van der Waals surface area (Å²) < 4.78 is 0. The Hall–Kier alpha value is -0.470. The molecule has 1 aromatic carbocycles. The number of benzene rings is 1. The average Bonchev–Trinajstić information content (AvgIpc) is 2.58. The molecule has 0 saturated heterocycles. The fourth-order valence-electron chi connectivity index (χ4n) is 2.23. The first-order chi connectivity index (χ1) is 7.27. The molecule has 82 valence electrons. The maximum Gasteiger partial charge on any atom is 0.0579 e. The monoisotopic (exact) mass is 222 g/mol. The molecular formula is C13H18OS. The lowest BCUT2D eigenvalue weighted by Gasteiger charge is -2.18. The van der Waals surface area contributed by atoms with E-state index in [-0.39, 0.29) is 6.10 Å². The van der Waals surface area contributed by atoms with Gasteiger partial charge in [-0.15, -0.1) is 11.8 Å². The van der Waals surface area contributed by atoms with E-state index in [1.807, 2.05) is 17.8 Å². The van der Waals surface area contributed by atoms with Crippen molar-refractivity contribution < 1.29 is 5.11 Å². The molecule has 0 unspecified atom stereocenters. The number of hydrogen-bond acceptors (Lipinski definition) is 2. The third kappa shape index (κ3) is 2.76. The lowest BCUT2D eigenvalue weighted by Crippen LogP contribution is -2.19. The van der Waals surface area contributed by atoms with Crippen LogP contribution in [0.2, 0.25) is 0 Å². The molecule has 1 aliphatic rings. The molecule has 0 spiro atoms. The van der Waals surface area contributed by atoms with Crippen molar-refractivity contribution in [3.63, 3.8) is 0 Å². The fraction of sp³-hybridized carbons (Fsp3) is 0.538. The molecule has 0 bridgehead atoms. The molecule has 2 heteroatoms. The Kier molecular flexibility index (Phi) is 3.71. The van der Waals surface area contributed by atoms with Gasteiger partial charge in [0.25, 0.3) is 0 Å². The van der Waals surface area contributed by atoms with Gasteiger partial charge in [0, 0.05) is 10.6 Å². The van der Waals surface area contributed by atoms with Crippen molar-refractivity contribution in [1.82, 2.24) is 0 Å². The third-order valence-corrected chi connectivity index (χ3v) is 4.49. The Bertz CT molecular complexity index is 289. The Morgan fingerprint density at radius 2 is 2.00 bits per heavy atom. The molecule has 1 N–H and O–H groups in total. The Labute approximate surface area is 95.9 Å². The van der Waals surface area contributed by atoms with Crippen molar-refractivity contribution in [3.05, 3.63) is 30.3 Å². The highest BCUT2D eigenvalue weighted by molar-refractivity contribution is 7.99. The molecule has 1 aromatic rings. The molecule has 0 heterocycles. The second-order valence-electron chi connectivity index (χ2n) is 4.41. The molecule has 0 amide bonds. The molecule has 1 fully saturated rings. The minimum absolute atomic E-state index is 0.0730. The molecule has 3 atom stereocenters. The quantitative estimate of drug-likeness (QED) is 0.793. The summed E-state index contributed by atoms with van der Waals surface area (Å²) in [7, 11) is 0. The largest absolute Gasteiger partial charge is 0.393 e. The lowest BCUT2D eigenvalue weighted by atomic mass is 9.99. The topological polar surface area (TPSA) is 20.2 Å². The van der Waals surface area contributed by atoms with Gasteiger partial charge in [-0.1, -0.05) is 25.1 Å². The molecule has 0 radical (unpaired) electrons. The first kappa shape index (κ1) is 11.0. The molecule has 2 rings (SSSR count). The zero-order valence-electron chi connectivity index (χ0n) is 9.10. The predicted molar refractivity (Wildman–Crippen MR) is 65.1 cm³/mol. The van der Waals surface area contributed by atoms with Gasteiger partial charge >= 0.3 is 0 Å². The van der Waals surface area contributed by atoms with Crippen LogP contribution in [-0.4, -0.2) is 17.0 Å². The van der Waals surface area contributed by atoms with E-state index in [2.05, 4.69) is 31.2 Å². The zero-order chi connectivity index (χ0) is 10.7. The van der Waals surface area contributed by atoms with Gasteiger partial charge < -0.3 is 5.11 Å². The van der Waals surface area contributed by atoms with E-state index in [4.69, 9.17) is 0 Å². The van der Waals surface area contributed by atoms with Crippen LogP contribution >= 0.6 is 11.8 Å². The van der Waals surface area contributed by atoms with Crippen molar-refractivity contribution in [2.75, 3.05) is 5.75 Å². The standard InChI is InChI=1S/C13H18OS/c1-10-7-8-13(14)12(10)9-15-11-5-3-2-4-6-11/h2-6,10,12-14H,7-9H2,1H3/t10-,12+,13+/m1/s1. The Balaban J connectivity index is 1.88. The highest BCUT2D eigenvalue weighted by atomic mass is 32.2. The molecule has 0 aromatic heterocycles. The molecule has 0 aliphatic heterocycles. The third-order valence-electron chi connectivity index (χ3n) is 3.33. The van der Waals surface area contributed by atoms with E-state index in [1.165, 1.54) is 11.3 Å². The van der Waals surface area contributed by atoms with Crippen molar-refractivity contribution in [2.24, 2.45) is 11.8 Å². The van der Waals surface area contributed by atoms with Crippen molar-refractivity contribution in [2.45, 2.75) is 30.8 Å². The number of aliphatic hydroxyl groups is 1. The van der Waals surface area contributed by atoms with Crippen LogP contribution in [0.4, 0.5) is 0 Å². The second-order valence-corrected chi connectivity index (χ2v) is 5.50. The van der Waals surface area contributed by atoms with E-state index in [1.54, 1.807) is 0 Å². The van der Waals surface area contributed by atoms with Crippen LogP contribution in [0.25, 0.3) is 0 Å². The van der Waals surface area contributed by atoms with Crippen LogP contribution in [0.1, 0.15) is 19.8 Å². The number of rotatable bonds is 3. The fourth-order valence-corrected chi connectivity index (χ4v) is 3.51. The highest BCUT2D eigenvalue weighted by Crippen LogP contribution is 2.35. The lowest BCUT2D eigenvalue weighted by molar-refractivity contribution is 0.132. The van der Waals surface area contributed by atoms with Crippen LogP contribution in [-0.2, 0) is 0 Å². The van der Waals surface area contributed by atoms with Crippen molar-refractivity contribution in [3.8, 4) is 0 Å². The van der Waals surface area contributed by atoms with Gasteiger partial charge in [0.05, 0.1) is 6.10 Å². The highest BCUT2D eigenvalue weighted by Gasteiger charge is 2.31. The van der Waals surface area contributed by atoms with Gasteiger partial charge in [0.15, 0.2) is 0 Å². The molecule has 1 aliphatic carbocycles. The van der Waals surface area contributed by atoms with E-state index in [0.717, 1.165) is 12.2 Å². The van der Waals surface area contributed by atoms with Crippen LogP contribution in [0.5, 0.6) is 0 Å². The van der Waals surface area contributed by atoms with Gasteiger partial charge in [-0.25, -0.2) is 0 Å². The first-order valence-electron chi connectivity index (χ1n) is 5.63. The first-order valence-corrected chi connectivity index (χ1v) is 6.62. The van der Waals surface area contributed by atoms with E-state index < -0.39 is 0 Å². The Morgan fingerprint density at radius 1 is 1.27 bits per heavy atom. The second kappa shape index (κ2) is 5.04. The van der Waals surface area contributed by atoms with Crippen LogP contribution in [0, 0.1) is 11.8 Å².